The third-order valence-electron chi connectivity index (χ3n) is 3.65. The molecule has 26 heavy (non-hydrogen) atoms. The highest BCUT2D eigenvalue weighted by molar-refractivity contribution is 6.30. The van der Waals surface area contributed by atoms with Gasteiger partial charge in [-0.2, -0.15) is 0 Å². The van der Waals surface area contributed by atoms with Gasteiger partial charge in [0.2, 0.25) is 11.8 Å². The molecule has 0 spiro atoms. The first-order chi connectivity index (χ1) is 12.3. The number of benzene rings is 1. The molecule has 8 heteroatoms. The van der Waals surface area contributed by atoms with Crippen LogP contribution in [-0.4, -0.2) is 55.2 Å². The maximum atomic E-state index is 12.4. The van der Waals surface area contributed by atoms with Gasteiger partial charge in [0.05, 0.1) is 13.5 Å². The zero-order chi connectivity index (χ0) is 19.5. The molecule has 7 nitrogen and oxygen atoms in total. The Hall–Kier alpha value is -2.41. The molecule has 0 aliphatic carbocycles. The molecule has 1 aromatic carbocycles. The molecular formula is C18H23ClN2O5. The van der Waals surface area contributed by atoms with E-state index in [2.05, 4.69) is 10.1 Å². The average Bonchev–Trinajstić information content (AvgIpc) is 2.62. The summed E-state index contributed by atoms with van der Waals surface area (Å²) in [5.74, 6) is -1.06. The van der Waals surface area contributed by atoms with Crippen molar-refractivity contribution < 1.29 is 23.9 Å². The lowest BCUT2D eigenvalue weighted by Crippen LogP contribution is -2.39. The fourth-order valence-electron chi connectivity index (χ4n) is 2.22. The van der Waals surface area contributed by atoms with Crippen LogP contribution in [0.25, 0.3) is 0 Å². The van der Waals surface area contributed by atoms with Crippen LogP contribution in [0.1, 0.15) is 36.5 Å². The zero-order valence-corrected chi connectivity index (χ0v) is 15.7. The molecule has 0 aromatic heterocycles. The van der Waals surface area contributed by atoms with Crippen molar-refractivity contribution in [2.75, 3.05) is 26.7 Å². The SMILES string of the molecule is COC(=O)CCN(CCNC(C)=O)C(=O)CCC(=O)c1ccc(Cl)cc1. The van der Waals surface area contributed by atoms with Crippen molar-refractivity contribution in [1.82, 2.24) is 10.2 Å². The second-order valence-corrected chi connectivity index (χ2v) is 6.06. The van der Waals surface area contributed by atoms with E-state index >= 15 is 0 Å². The van der Waals surface area contributed by atoms with Crippen molar-refractivity contribution in [2.45, 2.75) is 26.2 Å². The molecule has 2 amide bonds. The smallest absolute Gasteiger partial charge is 0.307 e. The molecule has 0 unspecified atom stereocenters. The number of hydrogen-bond acceptors (Lipinski definition) is 5. The Labute approximate surface area is 157 Å². The molecule has 0 heterocycles. The molecule has 0 atom stereocenters. The number of nitrogens with one attached hydrogen (secondary N) is 1. The van der Waals surface area contributed by atoms with Crippen LogP contribution < -0.4 is 5.32 Å². The van der Waals surface area contributed by atoms with E-state index in [-0.39, 0.29) is 56.5 Å². The van der Waals surface area contributed by atoms with Gasteiger partial charge in [-0.25, -0.2) is 0 Å². The maximum Gasteiger partial charge on any atom is 0.307 e. The topological polar surface area (TPSA) is 92.8 Å². The van der Waals surface area contributed by atoms with Crippen LogP contribution in [0.5, 0.6) is 0 Å². The van der Waals surface area contributed by atoms with Crippen LogP contribution in [0.3, 0.4) is 0 Å². The molecule has 1 aromatic rings. The van der Waals surface area contributed by atoms with Crippen LogP contribution >= 0.6 is 11.6 Å². The minimum atomic E-state index is -0.431. The third kappa shape index (κ3) is 8.11. The monoisotopic (exact) mass is 382 g/mol. The van der Waals surface area contributed by atoms with E-state index in [9.17, 15) is 19.2 Å². The number of carbonyl (C=O) groups excluding carboxylic acids is 4. The number of nitrogens with zero attached hydrogens (tertiary/aromatic N) is 1. The quantitative estimate of drug-likeness (QED) is 0.492. The number of methoxy groups -OCH3 is 1. The number of ketones is 1. The first kappa shape index (κ1) is 21.6. The molecule has 0 fully saturated rings. The summed E-state index contributed by atoms with van der Waals surface area (Å²) >= 11 is 5.79. The summed E-state index contributed by atoms with van der Waals surface area (Å²) in [5, 5.41) is 3.13. The van der Waals surface area contributed by atoms with Gasteiger partial charge < -0.3 is 15.0 Å². The summed E-state index contributed by atoms with van der Waals surface area (Å²) in [6, 6.07) is 6.46. The first-order valence-corrected chi connectivity index (χ1v) is 8.59. The van der Waals surface area contributed by atoms with Gasteiger partial charge in [-0.1, -0.05) is 11.6 Å². The van der Waals surface area contributed by atoms with Crippen LogP contribution in [0.4, 0.5) is 0 Å². The highest BCUT2D eigenvalue weighted by Crippen LogP contribution is 2.12. The molecular weight excluding hydrogens is 360 g/mol. The molecule has 1 N–H and O–H groups in total. The predicted molar refractivity (Wildman–Crippen MR) is 96.9 cm³/mol. The summed E-state index contributed by atoms with van der Waals surface area (Å²) < 4.78 is 4.58. The van der Waals surface area contributed by atoms with E-state index in [0.29, 0.717) is 10.6 Å². The molecule has 0 aliphatic heterocycles. The van der Waals surface area contributed by atoms with E-state index in [1.807, 2.05) is 0 Å². The Morgan fingerprint density at radius 3 is 2.27 bits per heavy atom. The Bertz CT molecular complexity index is 645. The van der Waals surface area contributed by atoms with E-state index in [0.717, 1.165) is 0 Å². The molecule has 0 saturated carbocycles. The summed E-state index contributed by atoms with van der Waals surface area (Å²) in [7, 11) is 1.27. The van der Waals surface area contributed by atoms with Crippen molar-refractivity contribution in [3.8, 4) is 0 Å². The van der Waals surface area contributed by atoms with E-state index in [1.165, 1.54) is 18.9 Å². The first-order valence-electron chi connectivity index (χ1n) is 8.21. The fourth-order valence-corrected chi connectivity index (χ4v) is 2.34. The van der Waals surface area contributed by atoms with E-state index < -0.39 is 5.97 Å². The van der Waals surface area contributed by atoms with Crippen LogP contribution in [0, 0.1) is 0 Å². The predicted octanol–water partition coefficient (Wildman–Crippen LogP) is 1.83. The second kappa shape index (κ2) is 11.3. The van der Waals surface area contributed by atoms with Gasteiger partial charge in [0.15, 0.2) is 5.78 Å². The molecule has 142 valence electrons. The number of hydrogen-bond donors (Lipinski definition) is 1. The molecule has 0 radical (unpaired) electrons. The van der Waals surface area contributed by atoms with Crippen LogP contribution in [0.2, 0.25) is 5.02 Å². The van der Waals surface area contributed by atoms with Crippen LogP contribution in [-0.2, 0) is 19.1 Å². The second-order valence-electron chi connectivity index (χ2n) is 5.62. The lowest BCUT2D eigenvalue weighted by atomic mass is 10.1. The molecule has 0 bridgehead atoms. The number of carbonyl (C=O) groups is 4. The highest BCUT2D eigenvalue weighted by Gasteiger charge is 2.17. The lowest BCUT2D eigenvalue weighted by Gasteiger charge is -2.22. The Kier molecular flexibility index (Phi) is 9.36. The van der Waals surface area contributed by atoms with Gasteiger partial charge in [-0.3, -0.25) is 19.2 Å². The summed E-state index contributed by atoms with van der Waals surface area (Å²) in [5.41, 5.74) is 0.488. The normalized spacial score (nSPS) is 10.1. The van der Waals surface area contributed by atoms with Gasteiger partial charge in [-0.15, -0.1) is 0 Å². The van der Waals surface area contributed by atoms with Crippen molar-refractivity contribution in [3.63, 3.8) is 0 Å². The largest absolute Gasteiger partial charge is 0.469 e. The van der Waals surface area contributed by atoms with Gasteiger partial charge in [0.1, 0.15) is 0 Å². The van der Waals surface area contributed by atoms with E-state index in [4.69, 9.17) is 11.6 Å². The summed E-state index contributed by atoms with van der Waals surface area (Å²) in [4.78, 5) is 48.3. The number of rotatable bonds is 10. The number of amides is 2. The Balaban J connectivity index is 2.58. The average molecular weight is 383 g/mol. The van der Waals surface area contributed by atoms with Gasteiger partial charge in [-0.05, 0) is 24.3 Å². The maximum absolute atomic E-state index is 12.4. The van der Waals surface area contributed by atoms with Crippen molar-refractivity contribution in [2.24, 2.45) is 0 Å². The van der Waals surface area contributed by atoms with Crippen LogP contribution in [0.15, 0.2) is 24.3 Å². The van der Waals surface area contributed by atoms with Crippen molar-refractivity contribution >= 4 is 35.2 Å². The van der Waals surface area contributed by atoms with Crippen molar-refractivity contribution in [3.05, 3.63) is 34.9 Å². The summed E-state index contributed by atoms with van der Waals surface area (Å²) in [6.07, 6.45) is 0.117. The Morgan fingerprint density at radius 1 is 1.04 bits per heavy atom. The minimum absolute atomic E-state index is 0.0166. The zero-order valence-electron chi connectivity index (χ0n) is 14.9. The number of Topliss-reactive ketones (excluding diaryl/α,β-unsaturated/α-hetero) is 1. The molecule has 0 saturated heterocycles. The minimum Gasteiger partial charge on any atom is -0.469 e. The van der Waals surface area contributed by atoms with Gasteiger partial charge in [0.25, 0.3) is 0 Å². The van der Waals surface area contributed by atoms with E-state index in [1.54, 1.807) is 24.3 Å². The lowest BCUT2D eigenvalue weighted by molar-refractivity contribution is -0.142. The van der Waals surface area contributed by atoms with Crippen molar-refractivity contribution in [1.29, 1.82) is 0 Å². The standard InChI is InChI=1S/C18H23ClN2O5/c1-13(22)20-10-12-21(11-9-18(25)26-2)17(24)8-7-16(23)14-3-5-15(19)6-4-14/h3-6H,7-12H2,1-2H3,(H,20,22). The number of halogens is 1. The third-order valence-corrected chi connectivity index (χ3v) is 3.91. The number of esters is 1. The number of ether oxygens (including phenoxy) is 1. The van der Waals surface area contributed by atoms with Gasteiger partial charge in [0, 0.05) is 50.0 Å². The van der Waals surface area contributed by atoms with Gasteiger partial charge >= 0.3 is 5.97 Å². The molecule has 1 rings (SSSR count). The highest BCUT2D eigenvalue weighted by atomic mass is 35.5. The fraction of sp³-hybridized carbons (Fsp3) is 0.444. The molecule has 0 aliphatic rings. The Morgan fingerprint density at radius 2 is 1.69 bits per heavy atom. The summed E-state index contributed by atoms with van der Waals surface area (Å²) in [6.45, 7) is 2.07.